The largest absolute Gasteiger partial charge is 0.457 e. The van der Waals surface area contributed by atoms with E-state index in [1.54, 1.807) is 54.6 Å². The van der Waals surface area contributed by atoms with Crippen molar-refractivity contribution >= 4 is 63.8 Å². The number of halogens is 3. The number of carbonyl (C=O) groups is 2. The molecule has 1 aromatic heterocycles. The van der Waals surface area contributed by atoms with Crippen molar-refractivity contribution in [1.29, 1.82) is 0 Å². The van der Waals surface area contributed by atoms with E-state index in [0.717, 1.165) is 16.7 Å². The molecule has 2 heterocycles. The van der Waals surface area contributed by atoms with E-state index in [-0.39, 0.29) is 16.7 Å². The van der Waals surface area contributed by atoms with Crippen LogP contribution in [0.4, 0.5) is 4.79 Å². The van der Waals surface area contributed by atoms with Gasteiger partial charge in [0.1, 0.15) is 11.5 Å². The summed E-state index contributed by atoms with van der Waals surface area (Å²) in [7, 11) is 0. The summed E-state index contributed by atoms with van der Waals surface area (Å²) in [6, 6.07) is 15.6. The van der Waals surface area contributed by atoms with E-state index in [4.69, 9.17) is 39.2 Å². The van der Waals surface area contributed by atoms with Crippen LogP contribution in [0.15, 0.2) is 63.9 Å². The average Bonchev–Trinajstić information content (AvgIpc) is 3.25. The summed E-state index contributed by atoms with van der Waals surface area (Å²) in [5.74, 6) is 0.553. The normalized spacial score (nSPS) is 15.6. The minimum absolute atomic E-state index is 0.114. The van der Waals surface area contributed by atoms with Crippen LogP contribution in [0.2, 0.25) is 15.1 Å². The molecule has 0 spiro atoms. The SMILES string of the molecule is O=C1S/C(=C/c2ccc(-c3cc(Cl)ccc3Cl)o2)C(=O)N1Cc1ccccc1Cl. The van der Waals surface area contributed by atoms with Crippen LogP contribution in [-0.4, -0.2) is 16.0 Å². The lowest BCUT2D eigenvalue weighted by atomic mass is 10.2. The zero-order chi connectivity index (χ0) is 20.5. The van der Waals surface area contributed by atoms with Gasteiger partial charge in [-0.05, 0) is 53.7 Å². The van der Waals surface area contributed by atoms with Crippen LogP contribution in [0.3, 0.4) is 0 Å². The van der Waals surface area contributed by atoms with Crippen LogP contribution in [0.25, 0.3) is 17.4 Å². The van der Waals surface area contributed by atoms with E-state index in [9.17, 15) is 9.59 Å². The van der Waals surface area contributed by atoms with E-state index in [2.05, 4.69) is 0 Å². The summed E-state index contributed by atoms with van der Waals surface area (Å²) in [5, 5.41) is 1.17. The zero-order valence-electron chi connectivity index (χ0n) is 14.7. The highest BCUT2D eigenvalue weighted by atomic mass is 35.5. The van der Waals surface area contributed by atoms with Crippen molar-refractivity contribution in [3.63, 3.8) is 0 Å². The van der Waals surface area contributed by atoms with Gasteiger partial charge in [-0.2, -0.15) is 0 Å². The van der Waals surface area contributed by atoms with Gasteiger partial charge in [0.05, 0.1) is 16.5 Å². The Balaban J connectivity index is 1.57. The molecule has 4 rings (SSSR count). The van der Waals surface area contributed by atoms with Gasteiger partial charge in [0.15, 0.2) is 0 Å². The van der Waals surface area contributed by atoms with Gasteiger partial charge in [-0.1, -0.05) is 53.0 Å². The van der Waals surface area contributed by atoms with Crippen LogP contribution in [0.5, 0.6) is 0 Å². The molecule has 0 unspecified atom stereocenters. The van der Waals surface area contributed by atoms with Crippen LogP contribution in [0, 0.1) is 0 Å². The fourth-order valence-electron chi connectivity index (χ4n) is 2.82. The molecule has 8 heteroatoms. The van der Waals surface area contributed by atoms with Crippen molar-refractivity contribution in [3.8, 4) is 11.3 Å². The number of hydrogen-bond acceptors (Lipinski definition) is 4. The summed E-state index contributed by atoms with van der Waals surface area (Å²) < 4.78 is 5.79. The van der Waals surface area contributed by atoms with Crippen molar-refractivity contribution in [3.05, 3.63) is 85.9 Å². The molecule has 4 nitrogen and oxygen atoms in total. The lowest BCUT2D eigenvalue weighted by molar-refractivity contribution is -0.123. The van der Waals surface area contributed by atoms with Crippen LogP contribution in [-0.2, 0) is 11.3 Å². The second kappa shape index (κ2) is 8.28. The second-order valence-corrected chi connectivity index (χ2v) is 8.43. The van der Waals surface area contributed by atoms with Gasteiger partial charge in [0.2, 0.25) is 0 Å². The van der Waals surface area contributed by atoms with Gasteiger partial charge < -0.3 is 4.42 Å². The number of imide groups is 1. The molecule has 0 N–H and O–H groups in total. The van der Waals surface area contributed by atoms with E-state index in [0.29, 0.717) is 37.7 Å². The molecule has 0 bridgehead atoms. The summed E-state index contributed by atoms with van der Waals surface area (Å²) in [4.78, 5) is 26.5. The molecule has 1 aliphatic rings. The Hall–Kier alpha value is -2.18. The first-order valence-electron chi connectivity index (χ1n) is 8.46. The monoisotopic (exact) mass is 463 g/mol. The smallest absolute Gasteiger partial charge is 0.293 e. The Labute approximate surface area is 186 Å². The molecule has 0 radical (unpaired) electrons. The van der Waals surface area contributed by atoms with Gasteiger partial charge in [0, 0.05) is 21.7 Å². The minimum Gasteiger partial charge on any atom is -0.457 e. The minimum atomic E-state index is -0.390. The maximum Gasteiger partial charge on any atom is 0.293 e. The topological polar surface area (TPSA) is 50.5 Å². The number of carbonyl (C=O) groups excluding carboxylic acids is 2. The maximum atomic E-state index is 12.7. The number of thioether (sulfide) groups is 1. The van der Waals surface area contributed by atoms with Crippen molar-refractivity contribution in [1.82, 2.24) is 4.90 Å². The molecular weight excluding hydrogens is 453 g/mol. The van der Waals surface area contributed by atoms with Gasteiger partial charge in [-0.3, -0.25) is 14.5 Å². The van der Waals surface area contributed by atoms with Crippen LogP contribution < -0.4 is 0 Å². The Kier molecular flexibility index (Phi) is 5.74. The predicted molar refractivity (Wildman–Crippen MR) is 117 cm³/mol. The summed E-state index contributed by atoms with van der Waals surface area (Å²) in [6.45, 7) is 0.114. The number of amides is 2. The van der Waals surface area contributed by atoms with E-state index >= 15 is 0 Å². The lowest BCUT2D eigenvalue weighted by Gasteiger charge is -2.13. The molecule has 0 atom stereocenters. The number of rotatable bonds is 4. The summed E-state index contributed by atoms with van der Waals surface area (Å²) in [5.41, 5.74) is 1.35. The highest BCUT2D eigenvalue weighted by Crippen LogP contribution is 2.36. The second-order valence-electron chi connectivity index (χ2n) is 6.19. The van der Waals surface area contributed by atoms with Crippen molar-refractivity contribution in [2.75, 3.05) is 0 Å². The molecule has 2 amide bonds. The van der Waals surface area contributed by atoms with E-state index in [1.165, 1.54) is 0 Å². The highest BCUT2D eigenvalue weighted by Gasteiger charge is 2.35. The van der Waals surface area contributed by atoms with Gasteiger partial charge in [0.25, 0.3) is 11.1 Å². The standard InChI is InChI=1S/C21H12Cl3NO3S/c22-13-5-7-17(24)15(9-13)18-8-6-14(28-18)10-19-20(26)25(21(27)29-19)11-12-3-1-2-4-16(12)23/h1-10H,11H2/b19-10+. The van der Waals surface area contributed by atoms with Crippen LogP contribution in [0.1, 0.15) is 11.3 Å². The fourth-order valence-corrected chi connectivity index (χ4v) is 4.22. The molecule has 1 aliphatic heterocycles. The Morgan fingerprint density at radius 2 is 1.76 bits per heavy atom. The van der Waals surface area contributed by atoms with E-state index in [1.807, 2.05) is 6.07 Å². The lowest BCUT2D eigenvalue weighted by Crippen LogP contribution is -2.27. The third-order valence-electron chi connectivity index (χ3n) is 4.25. The number of furan rings is 1. The maximum absolute atomic E-state index is 12.7. The molecule has 1 fully saturated rings. The van der Waals surface area contributed by atoms with Crippen molar-refractivity contribution in [2.45, 2.75) is 6.54 Å². The Bertz CT molecular complexity index is 1160. The van der Waals surface area contributed by atoms with Gasteiger partial charge >= 0.3 is 0 Å². The third kappa shape index (κ3) is 4.23. The van der Waals surface area contributed by atoms with Gasteiger partial charge in [-0.15, -0.1) is 0 Å². The first kappa shape index (κ1) is 20.1. The van der Waals surface area contributed by atoms with Crippen LogP contribution >= 0.6 is 46.6 Å². The highest BCUT2D eigenvalue weighted by molar-refractivity contribution is 8.18. The first-order chi connectivity index (χ1) is 13.9. The Morgan fingerprint density at radius 1 is 0.966 bits per heavy atom. The Morgan fingerprint density at radius 3 is 2.55 bits per heavy atom. The van der Waals surface area contributed by atoms with E-state index < -0.39 is 5.91 Å². The summed E-state index contributed by atoms with van der Waals surface area (Å²) in [6.07, 6.45) is 1.54. The fraction of sp³-hybridized carbons (Fsp3) is 0.0476. The average molecular weight is 465 g/mol. The first-order valence-corrected chi connectivity index (χ1v) is 10.4. The molecule has 0 aliphatic carbocycles. The molecule has 2 aromatic carbocycles. The summed E-state index contributed by atoms with van der Waals surface area (Å²) >= 11 is 19.2. The van der Waals surface area contributed by atoms with Crippen molar-refractivity contribution in [2.24, 2.45) is 0 Å². The quantitative estimate of drug-likeness (QED) is 0.385. The molecule has 1 saturated heterocycles. The van der Waals surface area contributed by atoms with Crippen molar-refractivity contribution < 1.29 is 14.0 Å². The van der Waals surface area contributed by atoms with Gasteiger partial charge in [-0.25, -0.2) is 0 Å². The number of nitrogens with zero attached hydrogens (tertiary/aromatic N) is 1. The molecule has 146 valence electrons. The zero-order valence-corrected chi connectivity index (χ0v) is 17.8. The number of benzene rings is 2. The number of hydrogen-bond donors (Lipinski definition) is 0. The molecule has 29 heavy (non-hydrogen) atoms. The molecule has 0 saturated carbocycles. The predicted octanol–water partition coefficient (Wildman–Crippen LogP) is 7.14. The molecule has 3 aromatic rings. The third-order valence-corrected chi connectivity index (χ3v) is 6.09. The molecular formula is C21H12Cl3NO3S.